The van der Waals surface area contributed by atoms with Crippen molar-refractivity contribution in [2.24, 2.45) is 0 Å². The van der Waals surface area contributed by atoms with Crippen molar-refractivity contribution < 1.29 is 27.1 Å². The Morgan fingerprint density at radius 2 is 1.82 bits per heavy atom. The third-order valence-corrected chi connectivity index (χ3v) is 7.16. The van der Waals surface area contributed by atoms with Gasteiger partial charge in [-0.15, -0.1) is 0 Å². The highest BCUT2D eigenvalue weighted by molar-refractivity contribution is 7.89. The molecule has 28 heavy (non-hydrogen) atoms. The van der Waals surface area contributed by atoms with E-state index in [-0.39, 0.29) is 24.9 Å². The third kappa shape index (κ3) is 4.70. The summed E-state index contributed by atoms with van der Waals surface area (Å²) >= 11 is 0. The van der Waals surface area contributed by atoms with Crippen LogP contribution in [0, 0.1) is 5.82 Å². The van der Waals surface area contributed by atoms with Crippen molar-refractivity contribution in [1.82, 2.24) is 9.62 Å². The molecule has 2 fully saturated rings. The molecule has 0 unspecified atom stereocenters. The minimum atomic E-state index is -4.17. The minimum Gasteiger partial charge on any atom is -0.454 e. The Hall–Kier alpha value is -2.00. The van der Waals surface area contributed by atoms with E-state index in [1.54, 1.807) is 0 Å². The molecule has 1 heterocycles. The Balaban J connectivity index is 1.60. The highest BCUT2D eigenvalue weighted by Gasteiger charge is 2.41. The number of halogens is 1. The first kappa shape index (κ1) is 20.7. The summed E-state index contributed by atoms with van der Waals surface area (Å²) in [6, 6.07) is 4.11. The van der Waals surface area contributed by atoms with Gasteiger partial charge in [-0.05, 0) is 37.8 Å². The lowest BCUT2D eigenvalue weighted by atomic mass is 9.95. The molecule has 1 saturated heterocycles. The number of nitrogens with one attached hydrogen (secondary N) is 1. The predicted octanol–water partition coefficient (Wildman–Crippen LogP) is 1.97. The molecular formula is C19H25FN2O5S. The Kier molecular flexibility index (Phi) is 6.66. The summed E-state index contributed by atoms with van der Waals surface area (Å²) in [7, 11) is -4.17. The van der Waals surface area contributed by atoms with Crippen molar-refractivity contribution in [3.8, 4) is 0 Å². The number of esters is 1. The van der Waals surface area contributed by atoms with Gasteiger partial charge in [0.05, 0.1) is 0 Å². The van der Waals surface area contributed by atoms with Crippen LogP contribution in [0.5, 0.6) is 0 Å². The van der Waals surface area contributed by atoms with Gasteiger partial charge < -0.3 is 10.1 Å². The molecule has 1 aromatic rings. The smallest absolute Gasteiger partial charge is 0.324 e. The maximum atomic E-state index is 14.0. The monoisotopic (exact) mass is 412 g/mol. The molecule has 1 aliphatic carbocycles. The van der Waals surface area contributed by atoms with Crippen LogP contribution in [0.25, 0.3) is 0 Å². The van der Waals surface area contributed by atoms with Crippen molar-refractivity contribution in [2.75, 3.05) is 13.2 Å². The summed E-state index contributed by atoms with van der Waals surface area (Å²) in [4.78, 5) is 24.0. The number of carbonyl (C=O) groups is 2. The van der Waals surface area contributed by atoms with E-state index < -0.39 is 39.4 Å². The van der Waals surface area contributed by atoms with E-state index in [0.717, 1.165) is 42.5 Å². The number of rotatable bonds is 6. The number of benzene rings is 1. The van der Waals surface area contributed by atoms with Gasteiger partial charge in [0.1, 0.15) is 16.8 Å². The Morgan fingerprint density at radius 3 is 2.54 bits per heavy atom. The maximum Gasteiger partial charge on any atom is 0.324 e. The van der Waals surface area contributed by atoms with Crippen molar-refractivity contribution in [3.05, 3.63) is 30.1 Å². The molecule has 0 aromatic heterocycles. The summed E-state index contributed by atoms with van der Waals surface area (Å²) in [6.07, 6.45) is 5.85. The number of amides is 1. The lowest BCUT2D eigenvalue weighted by molar-refractivity contribution is -0.151. The Bertz CT molecular complexity index is 823. The average molecular weight is 412 g/mol. The Morgan fingerprint density at radius 1 is 1.11 bits per heavy atom. The van der Waals surface area contributed by atoms with Gasteiger partial charge in [0.15, 0.2) is 6.61 Å². The van der Waals surface area contributed by atoms with E-state index >= 15 is 0 Å². The second kappa shape index (κ2) is 9.00. The van der Waals surface area contributed by atoms with Gasteiger partial charge in [0.2, 0.25) is 10.0 Å². The molecule has 1 atom stereocenters. The van der Waals surface area contributed by atoms with Crippen LogP contribution in [0.3, 0.4) is 0 Å². The molecule has 154 valence electrons. The zero-order valence-electron chi connectivity index (χ0n) is 15.6. The van der Waals surface area contributed by atoms with E-state index in [1.165, 1.54) is 18.2 Å². The van der Waals surface area contributed by atoms with Gasteiger partial charge >= 0.3 is 5.97 Å². The fourth-order valence-corrected chi connectivity index (χ4v) is 5.51. The largest absolute Gasteiger partial charge is 0.454 e. The molecule has 1 aromatic carbocycles. The molecule has 7 nitrogen and oxygen atoms in total. The average Bonchev–Trinajstić information content (AvgIpc) is 3.18. The summed E-state index contributed by atoms with van der Waals surface area (Å²) in [5.41, 5.74) is 0. The zero-order chi connectivity index (χ0) is 20.1. The van der Waals surface area contributed by atoms with Crippen LogP contribution in [0.15, 0.2) is 29.2 Å². The van der Waals surface area contributed by atoms with Crippen LogP contribution in [0.2, 0.25) is 0 Å². The first-order valence-electron chi connectivity index (χ1n) is 9.62. The summed E-state index contributed by atoms with van der Waals surface area (Å²) in [5, 5.41) is 2.84. The molecular weight excluding hydrogens is 387 g/mol. The third-order valence-electron chi connectivity index (χ3n) is 5.21. The van der Waals surface area contributed by atoms with E-state index in [2.05, 4.69) is 5.32 Å². The van der Waals surface area contributed by atoms with E-state index in [0.29, 0.717) is 6.42 Å². The topological polar surface area (TPSA) is 92.8 Å². The second-order valence-electron chi connectivity index (χ2n) is 7.21. The first-order valence-corrected chi connectivity index (χ1v) is 11.1. The van der Waals surface area contributed by atoms with Crippen molar-refractivity contribution in [2.45, 2.75) is 61.9 Å². The lowest BCUT2D eigenvalue weighted by Crippen LogP contribution is -2.43. The number of hydrogen-bond donors (Lipinski definition) is 1. The van der Waals surface area contributed by atoms with Crippen LogP contribution in [-0.4, -0.2) is 49.8 Å². The minimum absolute atomic E-state index is 0.101. The normalized spacial score (nSPS) is 21.4. The SMILES string of the molecule is O=C(COC(=O)[C@@H]1CCCN1S(=O)(=O)c1ccccc1F)NC1CCCCC1. The van der Waals surface area contributed by atoms with Crippen molar-refractivity contribution in [3.63, 3.8) is 0 Å². The highest BCUT2D eigenvalue weighted by atomic mass is 32.2. The van der Waals surface area contributed by atoms with E-state index in [1.807, 2.05) is 0 Å². The molecule has 0 bridgehead atoms. The molecule has 1 aliphatic heterocycles. The molecule has 9 heteroatoms. The highest BCUT2D eigenvalue weighted by Crippen LogP contribution is 2.28. The molecule has 3 rings (SSSR count). The first-order chi connectivity index (χ1) is 13.4. The second-order valence-corrected chi connectivity index (χ2v) is 9.07. The van der Waals surface area contributed by atoms with Crippen LogP contribution in [0.4, 0.5) is 4.39 Å². The summed E-state index contributed by atoms with van der Waals surface area (Å²) in [6.45, 7) is -0.343. The summed E-state index contributed by atoms with van der Waals surface area (Å²) < 4.78 is 45.5. The van der Waals surface area contributed by atoms with Crippen LogP contribution in [0.1, 0.15) is 44.9 Å². The molecule has 1 amide bonds. The van der Waals surface area contributed by atoms with Crippen molar-refractivity contribution in [1.29, 1.82) is 0 Å². The molecule has 0 radical (unpaired) electrons. The number of hydrogen-bond acceptors (Lipinski definition) is 5. The van der Waals surface area contributed by atoms with Crippen LogP contribution < -0.4 is 5.32 Å². The van der Waals surface area contributed by atoms with Gasteiger partial charge in [-0.3, -0.25) is 9.59 Å². The van der Waals surface area contributed by atoms with Crippen molar-refractivity contribution >= 4 is 21.9 Å². The number of carbonyl (C=O) groups excluding carboxylic acids is 2. The fraction of sp³-hybridized carbons (Fsp3) is 0.579. The number of sulfonamides is 1. The number of nitrogens with zero attached hydrogens (tertiary/aromatic N) is 1. The molecule has 1 saturated carbocycles. The van der Waals surface area contributed by atoms with Gasteiger partial charge in [-0.25, -0.2) is 12.8 Å². The lowest BCUT2D eigenvalue weighted by Gasteiger charge is -2.24. The quantitative estimate of drug-likeness (QED) is 0.721. The van der Waals surface area contributed by atoms with Gasteiger partial charge in [-0.1, -0.05) is 31.4 Å². The van der Waals surface area contributed by atoms with Gasteiger partial charge in [0, 0.05) is 12.6 Å². The number of ether oxygens (including phenoxy) is 1. The zero-order valence-corrected chi connectivity index (χ0v) is 16.4. The van der Waals surface area contributed by atoms with Gasteiger partial charge in [0.25, 0.3) is 5.91 Å². The molecule has 1 N–H and O–H groups in total. The Labute approximate surface area is 164 Å². The fourth-order valence-electron chi connectivity index (χ4n) is 3.79. The predicted molar refractivity (Wildman–Crippen MR) is 99.3 cm³/mol. The molecule has 2 aliphatic rings. The van der Waals surface area contributed by atoms with Crippen LogP contribution in [-0.2, 0) is 24.3 Å². The standard InChI is InChI=1S/C19H25FN2O5S/c20-15-9-4-5-11-17(15)28(25,26)22-12-6-10-16(22)19(24)27-13-18(23)21-14-7-2-1-3-8-14/h4-5,9,11,14,16H,1-3,6-8,10,12-13H2,(H,21,23)/t16-/m0/s1. The van der Waals surface area contributed by atoms with Gasteiger partial charge in [-0.2, -0.15) is 4.31 Å². The summed E-state index contributed by atoms with van der Waals surface area (Å²) in [5.74, 6) is -2.04. The van der Waals surface area contributed by atoms with Crippen LogP contribution >= 0.6 is 0 Å². The maximum absolute atomic E-state index is 14.0. The van der Waals surface area contributed by atoms with E-state index in [9.17, 15) is 22.4 Å². The van der Waals surface area contributed by atoms with E-state index in [4.69, 9.17) is 4.74 Å². The molecule has 0 spiro atoms.